The molecule has 0 aliphatic carbocycles. The van der Waals surface area contributed by atoms with Crippen molar-refractivity contribution in [2.75, 3.05) is 4.90 Å². The van der Waals surface area contributed by atoms with E-state index in [1.54, 1.807) is 11.3 Å². The second-order valence-electron chi connectivity index (χ2n) is 10.4. The average molecular weight is 575 g/mol. The maximum absolute atomic E-state index is 6.49. The summed E-state index contributed by atoms with van der Waals surface area (Å²) in [5.41, 5.74) is 7.11. The van der Waals surface area contributed by atoms with Gasteiger partial charge in [-0.1, -0.05) is 72.8 Å². The fourth-order valence-corrected chi connectivity index (χ4v) is 8.08. The van der Waals surface area contributed by atoms with Crippen molar-refractivity contribution in [1.82, 2.24) is 4.98 Å². The first kappa shape index (κ1) is 23.7. The smallest absolute Gasteiger partial charge is 0.137 e. The largest absolute Gasteiger partial charge is 0.456 e. The highest BCUT2D eigenvalue weighted by atomic mass is 32.1. The van der Waals surface area contributed by atoms with Crippen molar-refractivity contribution in [3.05, 3.63) is 133 Å². The number of hydrogen-bond donors (Lipinski definition) is 0. The van der Waals surface area contributed by atoms with Crippen molar-refractivity contribution in [1.29, 1.82) is 0 Å². The maximum atomic E-state index is 6.49. The van der Waals surface area contributed by atoms with Crippen molar-refractivity contribution >= 4 is 92.1 Å². The second-order valence-corrected chi connectivity index (χ2v) is 12.5. The average Bonchev–Trinajstić information content (AvgIpc) is 3.74. The van der Waals surface area contributed by atoms with Gasteiger partial charge in [0.05, 0.1) is 15.6 Å². The quantitative estimate of drug-likeness (QED) is 0.209. The van der Waals surface area contributed by atoms with Crippen LogP contribution in [0.5, 0.6) is 0 Å². The molecule has 5 heteroatoms. The van der Waals surface area contributed by atoms with Gasteiger partial charge in [-0.15, -0.1) is 22.7 Å². The predicted octanol–water partition coefficient (Wildman–Crippen LogP) is 11.7. The molecule has 9 rings (SSSR count). The first-order valence-corrected chi connectivity index (χ1v) is 15.5. The van der Waals surface area contributed by atoms with Crippen LogP contribution in [-0.4, -0.2) is 4.98 Å². The van der Waals surface area contributed by atoms with Crippen molar-refractivity contribution in [3.63, 3.8) is 0 Å². The summed E-state index contributed by atoms with van der Waals surface area (Å²) < 4.78 is 10.2. The van der Waals surface area contributed by atoms with Crippen LogP contribution in [0, 0.1) is 0 Å². The lowest BCUT2D eigenvalue weighted by Gasteiger charge is -2.25. The Morgan fingerprint density at radius 3 is 2.07 bits per heavy atom. The summed E-state index contributed by atoms with van der Waals surface area (Å²) in [7, 11) is 0. The van der Waals surface area contributed by atoms with Crippen molar-refractivity contribution < 1.29 is 4.42 Å². The van der Waals surface area contributed by atoms with Gasteiger partial charge in [0.2, 0.25) is 0 Å². The van der Waals surface area contributed by atoms with Gasteiger partial charge in [-0.25, -0.2) is 4.98 Å². The molecule has 0 aliphatic heterocycles. The lowest BCUT2D eigenvalue weighted by atomic mass is 10.1. The number of rotatable bonds is 4. The molecule has 0 saturated heterocycles. The van der Waals surface area contributed by atoms with Crippen LogP contribution in [-0.2, 0) is 0 Å². The summed E-state index contributed by atoms with van der Waals surface area (Å²) in [6.45, 7) is 0. The summed E-state index contributed by atoms with van der Waals surface area (Å²) in [6.07, 6.45) is 0. The highest BCUT2D eigenvalue weighted by molar-refractivity contribution is 7.25. The third-order valence-electron chi connectivity index (χ3n) is 7.89. The maximum Gasteiger partial charge on any atom is 0.137 e. The van der Waals surface area contributed by atoms with Gasteiger partial charge in [0.25, 0.3) is 0 Å². The number of hydrogen-bond acceptors (Lipinski definition) is 5. The van der Waals surface area contributed by atoms with Crippen LogP contribution >= 0.6 is 22.7 Å². The third-order valence-corrected chi connectivity index (χ3v) is 10.1. The molecule has 0 amide bonds. The van der Waals surface area contributed by atoms with Gasteiger partial charge < -0.3 is 9.32 Å². The molecule has 0 bridgehead atoms. The van der Waals surface area contributed by atoms with E-state index in [-0.39, 0.29) is 0 Å². The predicted molar refractivity (Wildman–Crippen MR) is 180 cm³/mol. The summed E-state index contributed by atoms with van der Waals surface area (Å²) in [5.74, 6) is 0. The number of thiophene rings is 1. The van der Waals surface area contributed by atoms with Gasteiger partial charge in [0.1, 0.15) is 16.2 Å². The zero-order chi connectivity index (χ0) is 27.6. The Bertz CT molecular complexity index is 2420. The Balaban J connectivity index is 1.22. The number of benzene rings is 6. The van der Waals surface area contributed by atoms with Crippen LogP contribution in [0.3, 0.4) is 0 Å². The molecule has 0 spiro atoms. The fraction of sp³-hybridized carbons (Fsp3) is 0. The molecule has 0 radical (unpaired) electrons. The number of furan rings is 1. The Kier molecular flexibility index (Phi) is 5.24. The molecule has 3 heterocycles. The second kappa shape index (κ2) is 9.28. The summed E-state index contributed by atoms with van der Waals surface area (Å²) >= 11 is 3.56. The van der Waals surface area contributed by atoms with E-state index in [1.807, 2.05) is 17.4 Å². The molecule has 3 aromatic heterocycles. The molecule has 0 saturated carbocycles. The molecular weight excluding hydrogens is 553 g/mol. The first-order chi connectivity index (χ1) is 20.8. The van der Waals surface area contributed by atoms with Gasteiger partial charge in [0.15, 0.2) is 0 Å². The molecule has 198 valence electrons. The van der Waals surface area contributed by atoms with E-state index in [0.29, 0.717) is 0 Å². The highest BCUT2D eigenvalue weighted by Crippen LogP contribution is 2.43. The molecule has 6 aromatic carbocycles. The van der Waals surface area contributed by atoms with Gasteiger partial charge in [-0.3, -0.25) is 0 Å². The topological polar surface area (TPSA) is 29.3 Å². The van der Waals surface area contributed by atoms with E-state index >= 15 is 0 Å². The Morgan fingerprint density at radius 2 is 1.21 bits per heavy atom. The van der Waals surface area contributed by atoms with E-state index in [0.717, 1.165) is 59.8 Å². The van der Waals surface area contributed by atoms with E-state index in [2.05, 4.69) is 132 Å². The lowest BCUT2D eigenvalue weighted by Crippen LogP contribution is -2.09. The minimum atomic E-state index is 0.855. The molecule has 0 N–H and O–H groups in total. The van der Waals surface area contributed by atoms with Gasteiger partial charge in [-0.05, 0) is 54.6 Å². The third kappa shape index (κ3) is 3.68. The molecule has 0 unspecified atom stereocenters. The zero-order valence-corrected chi connectivity index (χ0v) is 24.0. The van der Waals surface area contributed by atoms with Crippen molar-refractivity contribution in [3.8, 4) is 10.6 Å². The molecular formula is C37H22N2OS2. The van der Waals surface area contributed by atoms with Crippen LogP contribution in [0.15, 0.2) is 138 Å². The number of para-hydroxylation sites is 1. The number of nitrogens with zero attached hydrogens (tertiary/aromatic N) is 2. The minimum absolute atomic E-state index is 0.855. The van der Waals surface area contributed by atoms with Gasteiger partial charge in [0, 0.05) is 54.3 Å². The lowest BCUT2D eigenvalue weighted by molar-refractivity contribution is 0.669. The number of thiazole rings is 1. The summed E-state index contributed by atoms with van der Waals surface area (Å²) in [4.78, 5) is 7.39. The number of fused-ring (bicyclic) bond motifs is 8. The van der Waals surface area contributed by atoms with Crippen molar-refractivity contribution in [2.45, 2.75) is 0 Å². The zero-order valence-electron chi connectivity index (χ0n) is 22.3. The molecule has 0 fully saturated rings. The van der Waals surface area contributed by atoms with Gasteiger partial charge >= 0.3 is 0 Å². The van der Waals surface area contributed by atoms with Crippen LogP contribution in [0.2, 0.25) is 0 Å². The van der Waals surface area contributed by atoms with Crippen LogP contribution < -0.4 is 4.90 Å². The van der Waals surface area contributed by atoms with Crippen LogP contribution in [0.1, 0.15) is 0 Å². The van der Waals surface area contributed by atoms with Crippen molar-refractivity contribution in [2.24, 2.45) is 0 Å². The van der Waals surface area contributed by atoms with E-state index in [4.69, 9.17) is 9.40 Å². The molecule has 0 atom stereocenters. The SMILES string of the molecule is c1ccc(-c2nc3c(ccc4oc5cc(N(c6ccccc6)c6ccc7c(c6)sc6ccccc67)ccc5c43)s2)cc1. The minimum Gasteiger partial charge on any atom is -0.456 e. The normalized spacial score (nSPS) is 11.8. The van der Waals surface area contributed by atoms with E-state index in [9.17, 15) is 0 Å². The Hall–Kier alpha value is -4.97. The standard InChI is InChI=1S/C37H22N2OS2/c1-3-9-23(10-4-1)37-38-36-33(42-37)20-19-30-35(36)29-18-16-25(21-31(29)40-30)39(24-11-5-2-6-12-24)26-15-17-28-27-13-7-8-14-32(27)41-34(28)22-26/h1-22H. The van der Waals surface area contributed by atoms with Gasteiger partial charge in [-0.2, -0.15) is 0 Å². The Morgan fingerprint density at radius 1 is 0.500 bits per heavy atom. The van der Waals surface area contributed by atoms with Crippen LogP contribution in [0.25, 0.3) is 62.9 Å². The molecule has 3 nitrogen and oxygen atoms in total. The van der Waals surface area contributed by atoms with E-state index in [1.165, 1.54) is 20.2 Å². The highest BCUT2D eigenvalue weighted by Gasteiger charge is 2.19. The monoisotopic (exact) mass is 574 g/mol. The molecule has 0 aliphatic rings. The van der Waals surface area contributed by atoms with Crippen LogP contribution in [0.4, 0.5) is 17.1 Å². The molecule has 42 heavy (non-hydrogen) atoms. The summed E-state index contributed by atoms with van der Waals surface area (Å²) in [6, 6.07) is 47.1. The van der Waals surface area contributed by atoms with E-state index < -0.39 is 0 Å². The fourth-order valence-electron chi connectivity index (χ4n) is 5.96. The molecule has 9 aromatic rings. The first-order valence-electron chi connectivity index (χ1n) is 13.9. The number of aromatic nitrogens is 1. The summed E-state index contributed by atoms with van der Waals surface area (Å²) in [5, 5.41) is 5.78. The number of anilines is 3. The Labute approximate surface area is 249 Å².